The lowest BCUT2D eigenvalue weighted by atomic mass is 10.1. The van der Waals surface area contributed by atoms with Crippen molar-refractivity contribution >= 4 is 22.4 Å². The molecule has 4 heterocycles. The van der Waals surface area contributed by atoms with Gasteiger partial charge < -0.3 is 15.5 Å². The lowest BCUT2D eigenvalue weighted by molar-refractivity contribution is 0.0784. The van der Waals surface area contributed by atoms with Crippen LogP contribution in [0.5, 0.6) is 0 Å². The second kappa shape index (κ2) is 8.13. The van der Waals surface area contributed by atoms with E-state index in [1.165, 1.54) is 6.07 Å². The first-order valence-corrected chi connectivity index (χ1v) is 9.43. The van der Waals surface area contributed by atoms with Crippen molar-refractivity contribution in [2.24, 2.45) is 0 Å². The molecule has 0 saturated heterocycles. The SMILES string of the molecule is Cc1ccc(F)c(-c2cc(Nc3ccnc4cn(CC(O)CO)nc34)c(C)cn2)n1. The molecular formula is C21H21FN6O2. The highest BCUT2D eigenvalue weighted by Crippen LogP contribution is 2.29. The van der Waals surface area contributed by atoms with E-state index in [2.05, 4.69) is 25.4 Å². The van der Waals surface area contributed by atoms with Crippen LogP contribution in [-0.2, 0) is 6.54 Å². The predicted octanol–water partition coefficient (Wildman–Crippen LogP) is 2.74. The summed E-state index contributed by atoms with van der Waals surface area (Å²) in [5.41, 5.74) is 4.88. The highest BCUT2D eigenvalue weighted by molar-refractivity contribution is 5.89. The normalized spacial score (nSPS) is 12.3. The molecule has 0 aliphatic rings. The molecule has 1 atom stereocenters. The maximum Gasteiger partial charge on any atom is 0.151 e. The molecule has 4 rings (SSSR count). The average Bonchev–Trinajstić information content (AvgIpc) is 3.14. The van der Waals surface area contributed by atoms with Gasteiger partial charge in [-0.3, -0.25) is 14.6 Å². The van der Waals surface area contributed by atoms with Gasteiger partial charge in [0.15, 0.2) is 5.82 Å². The molecule has 0 amide bonds. The minimum absolute atomic E-state index is 0.156. The van der Waals surface area contributed by atoms with Crippen molar-refractivity contribution in [3.8, 4) is 11.4 Å². The first-order valence-electron chi connectivity index (χ1n) is 9.43. The Morgan fingerprint density at radius 1 is 1.17 bits per heavy atom. The summed E-state index contributed by atoms with van der Waals surface area (Å²) in [5.74, 6) is -0.435. The molecule has 0 radical (unpaired) electrons. The number of aryl methyl sites for hydroxylation is 2. The lowest BCUT2D eigenvalue weighted by Gasteiger charge is -2.12. The number of pyridine rings is 3. The van der Waals surface area contributed by atoms with Gasteiger partial charge in [-0.1, -0.05) is 0 Å². The quantitative estimate of drug-likeness (QED) is 0.450. The van der Waals surface area contributed by atoms with Crippen molar-refractivity contribution < 1.29 is 14.6 Å². The average molecular weight is 408 g/mol. The van der Waals surface area contributed by atoms with Crippen molar-refractivity contribution in [1.29, 1.82) is 0 Å². The first-order chi connectivity index (χ1) is 14.4. The molecular weight excluding hydrogens is 387 g/mol. The number of halogens is 1. The van der Waals surface area contributed by atoms with Crippen molar-refractivity contribution in [2.75, 3.05) is 11.9 Å². The third-order valence-electron chi connectivity index (χ3n) is 4.66. The minimum Gasteiger partial charge on any atom is -0.394 e. The molecule has 0 aromatic carbocycles. The molecule has 0 fully saturated rings. The number of aliphatic hydroxyl groups excluding tert-OH is 2. The Morgan fingerprint density at radius 3 is 2.80 bits per heavy atom. The summed E-state index contributed by atoms with van der Waals surface area (Å²) in [5, 5.41) is 26.5. The molecule has 3 N–H and O–H groups in total. The van der Waals surface area contributed by atoms with E-state index < -0.39 is 11.9 Å². The van der Waals surface area contributed by atoms with Crippen LogP contribution in [0.25, 0.3) is 22.4 Å². The predicted molar refractivity (Wildman–Crippen MR) is 111 cm³/mol. The fraction of sp³-hybridized carbons (Fsp3) is 0.238. The van der Waals surface area contributed by atoms with Crippen LogP contribution in [0.2, 0.25) is 0 Å². The standard InChI is InChI=1S/C21H21FN6O2/c1-12-8-24-18(20-15(22)4-3-13(2)25-20)7-17(12)26-16-5-6-23-19-10-28(27-21(16)19)9-14(30)11-29/h3-8,10,14,29-30H,9,11H2,1-2H3,(H,24,26). The van der Waals surface area contributed by atoms with Crippen molar-refractivity contribution in [1.82, 2.24) is 24.7 Å². The van der Waals surface area contributed by atoms with Crippen LogP contribution >= 0.6 is 0 Å². The van der Waals surface area contributed by atoms with Crippen LogP contribution in [0.15, 0.2) is 42.9 Å². The summed E-state index contributed by atoms with van der Waals surface area (Å²) in [6.45, 7) is 3.50. The third-order valence-corrected chi connectivity index (χ3v) is 4.66. The highest BCUT2D eigenvalue weighted by Gasteiger charge is 2.14. The number of fused-ring (bicyclic) bond motifs is 1. The van der Waals surface area contributed by atoms with E-state index >= 15 is 0 Å². The Labute approximate surface area is 172 Å². The number of anilines is 2. The Bertz CT molecular complexity index is 1210. The largest absolute Gasteiger partial charge is 0.394 e. The molecule has 0 spiro atoms. The summed E-state index contributed by atoms with van der Waals surface area (Å²) < 4.78 is 15.8. The van der Waals surface area contributed by atoms with Crippen LogP contribution in [-0.4, -0.2) is 47.7 Å². The van der Waals surface area contributed by atoms with Gasteiger partial charge in [-0.2, -0.15) is 5.10 Å². The summed E-state index contributed by atoms with van der Waals surface area (Å²) >= 11 is 0. The number of hydrogen-bond donors (Lipinski definition) is 3. The van der Waals surface area contributed by atoms with Gasteiger partial charge in [0.25, 0.3) is 0 Å². The first kappa shape index (κ1) is 19.9. The number of rotatable bonds is 6. The van der Waals surface area contributed by atoms with Crippen molar-refractivity contribution in [3.05, 3.63) is 59.9 Å². The maximum atomic E-state index is 14.3. The zero-order valence-electron chi connectivity index (χ0n) is 16.5. The van der Waals surface area contributed by atoms with Crippen molar-refractivity contribution in [2.45, 2.75) is 26.5 Å². The monoisotopic (exact) mass is 408 g/mol. The minimum atomic E-state index is -0.905. The molecule has 0 aliphatic heterocycles. The van der Waals surface area contributed by atoms with E-state index in [1.807, 2.05) is 6.92 Å². The summed E-state index contributed by atoms with van der Waals surface area (Å²) in [6.07, 6.45) is 4.11. The van der Waals surface area contributed by atoms with E-state index in [0.717, 1.165) is 11.3 Å². The molecule has 1 unspecified atom stereocenters. The van der Waals surface area contributed by atoms with Crippen LogP contribution in [0, 0.1) is 19.7 Å². The van der Waals surface area contributed by atoms with Crippen LogP contribution in [0.3, 0.4) is 0 Å². The molecule has 4 aromatic rings. The van der Waals surface area contributed by atoms with E-state index in [1.54, 1.807) is 48.4 Å². The zero-order chi connectivity index (χ0) is 21.3. The van der Waals surface area contributed by atoms with Crippen LogP contribution < -0.4 is 5.32 Å². The molecule has 154 valence electrons. The summed E-state index contributed by atoms with van der Waals surface area (Å²) in [4.78, 5) is 12.9. The molecule has 8 nitrogen and oxygen atoms in total. The lowest BCUT2D eigenvalue weighted by Crippen LogP contribution is -2.19. The highest BCUT2D eigenvalue weighted by atomic mass is 19.1. The smallest absolute Gasteiger partial charge is 0.151 e. The van der Waals surface area contributed by atoms with Gasteiger partial charge in [-0.05, 0) is 43.7 Å². The molecule has 4 aromatic heterocycles. The fourth-order valence-electron chi connectivity index (χ4n) is 3.09. The Morgan fingerprint density at radius 2 is 2.00 bits per heavy atom. The number of aliphatic hydroxyl groups is 2. The number of hydrogen-bond acceptors (Lipinski definition) is 7. The van der Waals surface area contributed by atoms with Gasteiger partial charge in [-0.25, -0.2) is 9.37 Å². The van der Waals surface area contributed by atoms with Gasteiger partial charge in [0.05, 0.1) is 36.8 Å². The Hall–Kier alpha value is -3.43. The Balaban J connectivity index is 1.70. The summed E-state index contributed by atoms with van der Waals surface area (Å²) in [7, 11) is 0. The van der Waals surface area contributed by atoms with Gasteiger partial charge in [0.1, 0.15) is 16.7 Å². The van der Waals surface area contributed by atoms with Gasteiger partial charge in [0, 0.05) is 23.8 Å². The zero-order valence-corrected chi connectivity index (χ0v) is 16.5. The Kier molecular flexibility index (Phi) is 5.39. The maximum absolute atomic E-state index is 14.3. The van der Waals surface area contributed by atoms with Gasteiger partial charge in [-0.15, -0.1) is 0 Å². The molecule has 0 saturated carbocycles. The number of aromatic nitrogens is 5. The van der Waals surface area contributed by atoms with E-state index in [4.69, 9.17) is 5.11 Å². The van der Waals surface area contributed by atoms with Crippen LogP contribution in [0.1, 0.15) is 11.3 Å². The fourth-order valence-corrected chi connectivity index (χ4v) is 3.09. The molecule has 0 bridgehead atoms. The van der Waals surface area contributed by atoms with Crippen LogP contribution in [0.4, 0.5) is 15.8 Å². The summed E-state index contributed by atoms with van der Waals surface area (Å²) in [6, 6.07) is 6.53. The van der Waals surface area contributed by atoms with Gasteiger partial charge >= 0.3 is 0 Å². The van der Waals surface area contributed by atoms with Gasteiger partial charge in [0.2, 0.25) is 0 Å². The third kappa shape index (κ3) is 3.98. The van der Waals surface area contributed by atoms with E-state index in [0.29, 0.717) is 28.1 Å². The second-order valence-corrected chi connectivity index (χ2v) is 7.07. The topological polar surface area (TPSA) is 109 Å². The molecule has 0 aliphatic carbocycles. The molecule has 30 heavy (non-hydrogen) atoms. The number of nitrogens with one attached hydrogen (secondary N) is 1. The van der Waals surface area contributed by atoms with Crippen molar-refractivity contribution in [3.63, 3.8) is 0 Å². The van der Waals surface area contributed by atoms with E-state index in [-0.39, 0.29) is 18.8 Å². The second-order valence-electron chi connectivity index (χ2n) is 7.07. The number of nitrogens with zero attached hydrogens (tertiary/aromatic N) is 5. The molecule has 9 heteroatoms. The van der Waals surface area contributed by atoms with E-state index in [9.17, 15) is 9.50 Å².